The van der Waals surface area contributed by atoms with Gasteiger partial charge in [0.15, 0.2) is 6.10 Å². The van der Waals surface area contributed by atoms with Crippen LogP contribution < -0.4 is 15.2 Å². The number of carbonyl (C=O) groups excluding carboxylic acids is 2. The number of nitrogens with one attached hydrogen (secondary N) is 1. The van der Waals surface area contributed by atoms with Crippen LogP contribution in [0.2, 0.25) is 0 Å². The number of benzene rings is 2. The second-order valence-electron chi connectivity index (χ2n) is 5.31. The minimum absolute atomic E-state index is 0.0920. The summed E-state index contributed by atoms with van der Waals surface area (Å²) in [5, 5.41) is 7.60. The molecule has 0 bridgehead atoms. The van der Waals surface area contributed by atoms with Gasteiger partial charge in [0.25, 0.3) is 5.91 Å². The number of anilines is 1. The van der Waals surface area contributed by atoms with E-state index in [9.17, 15) is 18.0 Å². The number of methoxy groups -OCH3 is 1. The zero-order valence-electron chi connectivity index (χ0n) is 14.1. The molecular formula is C17H18N2O6S. The Morgan fingerprint density at radius 3 is 2.27 bits per heavy atom. The standard InChI is InChI=1S/C17H18N2O6S/c1-11(16(20)19-14-5-3-4-6-15(14)24-2)25-17(21)12-7-9-13(10-8-12)26(18,22)23/h3-11H,1-2H3,(H,19,20)(H2,18,22,23). The molecule has 0 spiro atoms. The van der Waals surface area contributed by atoms with E-state index in [2.05, 4.69) is 5.32 Å². The van der Waals surface area contributed by atoms with Gasteiger partial charge in [-0.05, 0) is 43.3 Å². The monoisotopic (exact) mass is 378 g/mol. The fourth-order valence-corrected chi connectivity index (χ4v) is 2.56. The van der Waals surface area contributed by atoms with E-state index in [0.29, 0.717) is 11.4 Å². The normalized spacial score (nSPS) is 12.1. The zero-order valence-corrected chi connectivity index (χ0v) is 14.9. The highest BCUT2D eigenvalue weighted by atomic mass is 32.2. The van der Waals surface area contributed by atoms with Crippen molar-refractivity contribution in [2.75, 3.05) is 12.4 Å². The van der Waals surface area contributed by atoms with Crippen molar-refractivity contribution in [1.29, 1.82) is 0 Å². The van der Waals surface area contributed by atoms with Crippen molar-refractivity contribution in [2.24, 2.45) is 5.14 Å². The molecule has 2 aromatic carbocycles. The van der Waals surface area contributed by atoms with Crippen molar-refractivity contribution in [2.45, 2.75) is 17.9 Å². The Kier molecular flexibility index (Phi) is 5.96. The van der Waals surface area contributed by atoms with E-state index in [1.54, 1.807) is 24.3 Å². The Bertz CT molecular complexity index is 909. The van der Waals surface area contributed by atoms with Crippen LogP contribution in [0, 0.1) is 0 Å². The lowest BCUT2D eigenvalue weighted by Gasteiger charge is -2.15. The molecule has 0 aliphatic rings. The highest BCUT2D eigenvalue weighted by Crippen LogP contribution is 2.23. The second-order valence-corrected chi connectivity index (χ2v) is 6.87. The van der Waals surface area contributed by atoms with Crippen LogP contribution >= 0.6 is 0 Å². The van der Waals surface area contributed by atoms with Crippen LogP contribution in [0.4, 0.5) is 5.69 Å². The van der Waals surface area contributed by atoms with Crippen molar-refractivity contribution >= 4 is 27.6 Å². The van der Waals surface area contributed by atoms with Crippen LogP contribution in [0.1, 0.15) is 17.3 Å². The molecule has 3 N–H and O–H groups in total. The predicted octanol–water partition coefficient (Wildman–Crippen LogP) is 1.53. The van der Waals surface area contributed by atoms with E-state index in [0.717, 1.165) is 0 Å². The Hall–Kier alpha value is -2.91. The molecule has 8 nitrogen and oxygen atoms in total. The second kappa shape index (κ2) is 7.98. The van der Waals surface area contributed by atoms with Crippen LogP contribution in [-0.4, -0.2) is 33.5 Å². The third-order valence-corrected chi connectivity index (χ3v) is 4.37. The molecule has 1 amide bonds. The lowest BCUT2D eigenvalue weighted by atomic mass is 10.2. The van der Waals surface area contributed by atoms with Crippen molar-refractivity contribution < 1.29 is 27.5 Å². The van der Waals surface area contributed by atoms with Gasteiger partial charge in [-0.1, -0.05) is 12.1 Å². The number of ether oxygens (including phenoxy) is 2. The number of sulfonamides is 1. The SMILES string of the molecule is COc1ccccc1NC(=O)C(C)OC(=O)c1ccc(S(N)(=O)=O)cc1. The summed E-state index contributed by atoms with van der Waals surface area (Å²) in [7, 11) is -2.38. The highest BCUT2D eigenvalue weighted by molar-refractivity contribution is 7.89. The average molecular weight is 378 g/mol. The van der Waals surface area contributed by atoms with Crippen molar-refractivity contribution in [3.63, 3.8) is 0 Å². The highest BCUT2D eigenvalue weighted by Gasteiger charge is 2.20. The Labute approximate surface area is 151 Å². The van der Waals surface area contributed by atoms with Crippen LogP contribution in [0.25, 0.3) is 0 Å². The van der Waals surface area contributed by atoms with Crippen LogP contribution in [0.15, 0.2) is 53.4 Å². The predicted molar refractivity (Wildman–Crippen MR) is 94.3 cm³/mol. The van der Waals surface area contributed by atoms with Crippen LogP contribution in [0.5, 0.6) is 5.75 Å². The summed E-state index contributed by atoms with van der Waals surface area (Å²) in [6.07, 6.45) is -1.08. The first-order chi connectivity index (χ1) is 12.2. The minimum Gasteiger partial charge on any atom is -0.495 e. The molecule has 9 heteroatoms. The van der Waals surface area contributed by atoms with E-state index < -0.39 is 28.0 Å². The lowest BCUT2D eigenvalue weighted by Crippen LogP contribution is -2.30. The van der Waals surface area contributed by atoms with Gasteiger partial charge in [-0.3, -0.25) is 4.79 Å². The first kappa shape index (κ1) is 19.4. The van der Waals surface area contributed by atoms with E-state index in [1.807, 2.05) is 0 Å². The van der Waals surface area contributed by atoms with Gasteiger partial charge in [0.2, 0.25) is 10.0 Å². The summed E-state index contributed by atoms with van der Waals surface area (Å²) in [5.41, 5.74) is 0.537. The van der Waals surface area contributed by atoms with Gasteiger partial charge in [0.1, 0.15) is 5.75 Å². The fourth-order valence-electron chi connectivity index (χ4n) is 2.05. The maximum Gasteiger partial charge on any atom is 0.338 e. The van der Waals surface area contributed by atoms with E-state index in [-0.39, 0.29) is 10.5 Å². The smallest absolute Gasteiger partial charge is 0.338 e. The number of para-hydroxylation sites is 2. The molecule has 2 rings (SSSR count). The van der Waals surface area contributed by atoms with Gasteiger partial charge in [0.05, 0.1) is 23.3 Å². The largest absolute Gasteiger partial charge is 0.495 e. The summed E-state index contributed by atoms with van der Waals surface area (Å²) >= 11 is 0. The summed E-state index contributed by atoms with van der Waals surface area (Å²) in [6.45, 7) is 1.42. The number of hydrogen-bond acceptors (Lipinski definition) is 6. The van der Waals surface area contributed by atoms with Gasteiger partial charge < -0.3 is 14.8 Å². The van der Waals surface area contributed by atoms with E-state index in [4.69, 9.17) is 14.6 Å². The number of amides is 1. The average Bonchev–Trinajstić information content (AvgIpc) is 2.61. The Morgan fingerprint density at radius 1 is 1.08 bits per heavy atom. The van der Waals surface area contributed by atoms with E-state index >= 15 is 0 Å². The molecule has 0 radical (unpaired) electrons. The molecule has 0 aromatic heterocycles. The van der Waals surface area contributed by atoms with Gasteiger partial charge in [-0.15, -0.1) is 0 Å². The Balaban J connectivity index is 2.03. The third-order valence-electron chi connectivity index (χ3n) is 3.44. The molecule has 26 heavy (non-hydrogen) atoms. The molecule has 0 aliphatic carbocycles. The first-order valence-corrected chi connectivity index (χ1v) is 9.04. The van der Waals surface area contributed by atoms with E-state index in [1.165, 1.54) is 38.3 Å². The molecule has 138 valence electrons. The van der Waals surface area contributed by atoms with Gasteiger partial charge >= 0.3 is 5.97 Å². The quantitative estimate of drug-likeness (QED) is 0.735. The van der Waals surface area contributed by atoms with Gasteiger partial charge in [0, 0.05) is 0 Å². The number of primary sulfonamides is 1. The van der Waals surface area contributed by atoms with Crippen molar-refractivity contribution in [1.82, 2.24) is 0 Å². The molecule has 0 heterocycles. The molecule has 0 fully saturated rings. The van der Waals surface area contributed by atoms with Crippen LogP contribution in [0.3, 0.4) is 0 Å². The lowest BCUT2D eigenvalue weighted by molar-refractivity contribution is -0.123. The molecule has 1 unspecified atom stereocenters. The maximum atomic E-state index is 12.2. The molecule has 0 aliphatic heterocycles. The number of nitrogens with two attached hydrogens (primary N) is 1. The Morgan fingerprint density at radius 2 is 1.69 bits per heavy atom. The minimum atomic E-state index is -3.85. The topological polar surface area (TPSA) is 125 Å². The zero-order chi connectivity index (χ0) is 19.3. The summed E-state index contributed by atoms with van der Waals surface area (Å²) in [5.74, 6) is -0.837. The first-order valence-electron chi connectivity index (χ1n) is 7.50. The molecule has 0 saturated heterocycles. The summed E-state index contributed by atoms with van der Waals surface area (Å²) < 4.78 is 32.6. The molecular weight excluding hydrogens is 360 g/mol. The molecule has 1 atom stereocenters. The van der Waals surface area contributed by atoms with Crippen LogP contribution in [-0.2, 0) is 19.6 Å². The molecule has 2 aromatic rings. The van der Waals surface area contributed by atoms with Crippen molar-refractivity contribution in [3.05, 3.63) is 54.1 Å². The van der Waals surface area contributed by atoms with Crippen molar-refractivity contribution in [3.8, 4) is 5.75 Å². The summed E-state index contributed by atoms with van der Waals surface area (Å²) in [6, 6.07) is 11.7. The van der Waals surface area contributed by atoms with Gasteiger partial charge in [-0.2, -0.15) is 0 Å². The maximum absolute atomic E-state index is 12.2. The number of hydrogen-bond donors (Lipinski definition) is 2. The summed E-state index contributed by atoms with van der Waals surface area (Å²) in [4.78, 5) is 24.2. The fraction of sp³-hybridized carbons (Fsp3) is 0.176. The number of rotatable bonds is 6. The molecule has 0 saturated carbocycles. The van der Waals surface area contributed by atoms with Gasteiger partial charge in [-0.25, -0.2) is 18.4 Å². The number of esters is 1. The number of carbonyl (C=O) groups is 2. The third kappa shape index (κ3) is 4.80.